The SMILES string of the molecule is FC(F)(F)c1n[nH]c(-c2nc3nc4c(cn3c2-c2cnc[nH]2)CCCC4)n1. The van der Waals surface area contributed by atoms with Gasteiger partial charge in [-0.1, -0.05) is 0 Å². The number of nitrogens with zero attached hydrogens (tertiary/aromatic N) is 6. The minimum atomic E-state index is -4.64. The Labute approximate surface area is 149 Å². The molecule has 0 atom stereocenters. The van der Waals surface area contributed by atoms with E-state index in [1.54, 1.807) is 10.6 Å². The molecule has 0 aliphatic heterocycles. The van der Waals surface area contributed by atoms with Crippen LogP contribution in [0.1, 0.15) is 29.9 Å². The topological polar surface area (TPSA) is 100 Å². The quantitative estimate of drug-likeness (QED) is 0.562. The number of hydrogen-bond donors (Lipinski definition) is 2. The zero-order chi connectivity index (χ0) is 18.6. The maximum absolute atomic E-state index is 12.9. The summed E-state index contributed by atoms with van der Waals surface area (Å²) in [7, 11) is 0. The van der Waals surface area contributed by atoms with E-state index in [1.807, 2.05) is 6.20 Å². The molecule has 5 rings (SSSR count). The number of nitrogens with one attached hydrogen (secondary N) is 2. The Morgan fingerprint density at radius 1 is 1.07 bits per heavy atom. The van der Waals surface area contributed by atoms with E-state index in [2.05, 4.69) is 35.1 Å². The number of imidazole rings is 2. The number of halogens is 3. The van der Waals surface area contributed by atoms with Gasteiger partial charge in [0.15, 0.2) is 5.82 Å². The number of alkyl halides is 3. The molecule has 0 fully saturated rings. The van der Waals surface area contributed by atoms with Crippen LogP contribution in [-0.4, -0.2) is 39.5 Å². The molecular formula is C16H13F3N8. The molecule has 0 saturated carbocycles. The first-order valence-corrected chi connectivity index (χ1v) is 8.40. The highest BCUT2D eigenvalue weighted by molar-refractivity contribution is 5.76. The van der Waals surface area contributed by atoms with Crippen molar-refractivity contribution in [2.75, 3.05) is 0 Å². The Balaban J connectivity index is 1.76. The molecule has 8 nitrogen and oxygen atoms in total. The highest BCUT2D eigenvalue weighted by Crippen LogP contribution is 2.33. The Morgan fingerprint density at radius 3 is 2.67 bits per heavy atom. The molecular weight excluding hydrogens is 361 g/mol. The summed E-state index contributed by atoms with van der Waals surface area (Å²) in [4.78, 5) is 19.6. The van der Waals surface area contributed by atoms with Crippen molar-refractivity contribution in [1.29, 1.82) is 0 Å². The van der Waals surface area contributed by atoms with Crippen LogP contribution in [-0.2, 0) is 19.0 Å². The van der Waals surface area contributed by atoms with Crippen LogP contribution in [0.3, 0.4) is 0 Å². The highest BCUT2D eigenvalue weighted by Gasteiger charge is 2.37. The van der Waals surface area contributed by atoms with E-state index in [4.69, 9.17) is 0 Å². The molecule has 11 heteroatoms. The minimum Gasteiger partial charge on any atom is -0.343 e. The summed E-state index contributed by atoms with van der Waals surface area (Å²) < 4.78 is 40.5. The molecule has 1 aliphatic carbocycles. The van der Waals surface area contributed by atoms with E-state index in [9.17, 15) is 13.2 Å². The van der Waals surface area contributed by atoms with Gasteiger partial charge in [-0.05, 0) is 31.2 Å². The van der Waals surface area contributed by atoms with E-state index >= 15 is 0 Å². The van der Waals surface area contributed by atoms with Gasteiger partial charge in [-0.3, -0.25) is 9.50 Å². The van der Waals surface area contributed by atoms with Gasteiger partial charge in [-0.15, -0.1) is 5.10 Å². The largest absolute Gasteiger partial charge is 0.453 e. The van der Waals surface area contributed by atoms with Gasteiger partial charge in [-0.2, -0.15) is 13.2 Å². The van der Waals surface area contributed by atoms with Crippen LogP contribution in [0.5, 0.6) is 0 Å². The fourth-order valence-electron chi connectivity index (χ4n) is 3.38. The standard InChI is InChI=1S/C16H13F3N8/c17-16(18,19)14-24-13(25-26-14)11-12(10-5-20-7-21-10)27-6-8-3-1-2-4-9(8)22-15(27)23-11/h5-7H,1-4H2,(H,20,21)(H,24,25,26). The summed E-state index contributed by atoms with van der Waals surface area (Å²) in [6, 6.07) is 0. The summed E-state index contributed by atoms with van der Waals surface area (Å²) in [5.74, 6) is -0.909. The van der Waals surface area contributed by atoms with Gasteiger partial charge in [0.1, 0.15) is 11.4 Å². The van der Waals surface area contributed by atoms with Gasteiger partial charge >= 0.3 is 6.18 Å². The lowest BCUT2D eigenvalue weighted by Crippen LogP contribution is -2.08. The van der Waals surface area contributed by atoms with Crippen LogP contribution < -0.4 is 0 Å². The molecule has 2 N–H and O–H groups in total. The molecule has 4 aromatic heterocycles. The second kappa shape index (κ2) is 5.63. The minimum absolute atomic E-state index is 0.0737. The first-order valence-electron chi connectivity index (χ1n) is 8.40. The monoisotopic (exact) mass is 374 g/mol. The third-order valence-electron chi connectivity index (χ3n) is 4.61. The predicted molar refractivity (Wildman–Crippen MR) is 87.6 cm³/mol. The maximum Gasteiger partial charge on any atom is 0.453 e. The second-order valence-electron chi connectivity index (χ2n) is 6.37. The van der Waals surface area contributed by atoms with Gasteiger partial charge < -0.3 is 4.98 Å². The smallest absolute Gasteiger partial charge is 0.343 e. The van der Waals surface area contributed by atoms with Gasteiger partial charge in [0.05, 0.1) is 18.2 Å². The van der Waals surface area contributed by atoms with Gasteiger partial charge in [0.25, 0.3) is 5.82 Å². The van der Waals surface area contributed by atoms with Crippen molar-refractivity contribution < 1.29 is 13.2 Å². The summed E-state index contributed by atoms with van der Waals surface area (Å²) in [5.41, 5.74) is 3.47. The third kappa shape index (κ3) is 2.57. The molecule has 0 saturated heterocycles. The molecule has 1 aliphatic rings. The first-order chi connectivity index (χ1) is 13.0. The number of aryl methyl sites for hydroxylation is 2. The van der Waals surface area contributed by atoms with Crippen molar-refractivity contribution in [2.45, 2.75) is 31.9 Å². The van der Waals surface area contributed by atoms with Crippen molar-refractivity contribution in [2.24, 2.45) is 0 Å². The molecule has 0 bridgehead atoms. The lowest BCUT2D eigenvalue weighted by atomic mass is 9.97. The van der Waals surface area contributed by atoms with E-state index < -0.39 is 12.0 Å². The van der Waals surface area contributed by atoms with Crippen LogP contribution in [0.25, 0.3) is 28.7 Å². The molecule has 138 valence electrons. The van der Waals surface area contributed by atoms with Crippen LogP contribution in [0.4, 0.5) is 13.2 Å². The van der Waals surface area contributed by atoms with Crippen molar-refractivity contribution in [3.8, 4) is 22.9 Å². The zero-order valence-electron chi connectivity index (χ0n) is 13.9. The summed E-state index contributed by atoms with van der Waals surface area (Å²) in [6.45, 7) is 0. The van der Waals surface area contributed by atoms with Gasteiger partial charge in [0, 0.05) is 11.9 Å². The molecule has 0 unspecified atom stereocenters. The predicted octanol–water partition coefficient (Wildman–Crippen LogP) is 2.80. The Bertz CT molecular complexity index is 1120. The Morgan fingerprint density at radius 2 is 1.93 bits per heavy atom. The van der Waals surface area contributed by atoms with Crippen LogP contribution >= 0.6 is 0 Å². The molecule has 0 amide bonds. The van der Waals surface area contributed by atoms with Gasteiger partial charge in [0.2, 0.25) is 5.78 Å². The van der Waals surface area contributed by atoms with Gasteiger partial charge in [-0.25, -0.2) is 19.9 Å². The number of hydrogen-bond acceptors (Lipinski definition) is 5. The molecule has 0 radical (unpaired) electrons. The molecule has 0 spiro atoms. The molecule has 27 heavy (non-hydrogen) atoms. The van der Waals surface area contributed by atoms with E-state index in [0.29, 0.717) is 17.2 Å². The second-order valence-corrected chi connectivity index (χ2v) is 6.37. The van der Waals surface area contributed by atoms with Crippen LogP contribution in [0.15, 0.2) is 18.7 Å². The summed E-state index contributed by atoms with van der Waals surface area (Å²) in [6.07, 6.45) is 4.30. The van der Waals surface area contributed by atoms with E-state index in [0.717, 1.165) is 36.9 Å². The normalized spacial score (nSPS) is 14.6. The van der Waals surface area contributed by atoms with Crippen molar-refractivity contribution in [3.63, 3.8) is 0 Å². The lowest BCUT2D eigenvalue weighted by molar-refractivity contribution is -0.144. The molecule has 4 aromatic rings. The third-order valence-corrected chi connectivity index (χ3v) is 4.61. The van der Waals surface area contributed by atoms with E-state index in [1.165, 1.54) is 6.33 Å². The Kier molecular flexibility index (Phi) is 3.33. The average molecular weight is 374 g/mol. The van der Waals surface area contributed by atoms with Crippen molar-refractivity contribution in [3.05, 3.63) is 35.8 Å². The van der Waals surface area contributed by atoms with Crippen molar-refractivity contribution in [1.82, 2.24) is 39.5 Å². The fourth-order valence-corrected chi connectivity index (χ4v) is 3.38. The van der Waals surface area contributed by atoms with Crippen molar-refractivity contribution >= 4 is 5.78 Å². The summed E-state index contributed by atoms with van der Waals surface area (Å²) in [5, 5.41) is 5.62. The van der Waals surface area contributed by atoms with Crippen LogP contribution in [0, 0.1) is 0 Å². The highest BCUT2D eigenvalue weighted by atomic mass is 19.4. The number of H-pyrrole nitrogens is 2. The summed E-state index contributed by atoms with van der Waals surface area (Å²) >= 11 is 0. The molecule has 0 aromatic carbocycles. The fraction of sp³-hybridized carbons (Fsp3) is 0.312. The first kappa shape index (κ1) is 16.0. The maximum atomic E-state index is 12.9. The van der Waals surface area contributed by atoms with Crippen LogP contribution in [0.2, 0.25) is 0 Å². The number of aromatic nitrogens is 8. The molecule has 4 heterocycles. The van der Waals surface area contributed by atoms with E-state index in [-0.39, 0.29) is 11.5 Å². The zero-order valence-corrected chi connectivity index (χ0v) is 13.9. The number of rotatable bonds is 2. The Hall–Kier alpha value is -3.24. The average Bonchev–Trinajstić information content (AvgIpc) is 3.36. The lowest BCUT2D eigenvalue weighted by Gasteiger charge is -2.14. The number of aromatic amines is 2. The number of fused-ring (bicyclic) bond motifs is 2.